The number of ether oxygens (including phenoxy) is 2. The highest BCUT2D eigenvalue weighted by atomic mass is 16.6. The molecule has 9 heteroatoms. The Labute approximate surface area is 175 Å². The molecule has 0 spiro atoms. The van der Waals surface area contributed by atoms with Crippen molar-refractivity contribution < 1.29 is 19.2 Å². The Morgan fingerprint density at radius 2 is 2.03 bits per heavy atom. The zero-order valence-corrected chi connectivity index (χ0v) is 17.3. The summed E-state index contributed by atoms with van der Waals surface area (Å²) in [4.78, 5) is 29.8. The number of nitrogens with zero attached hydrogens (tertiary/aromatic N) is 3. The first-order chi connectivity index (χ1) is 14.4. The van der Waals surface area contributed by atoms with Gasteiger partial charge in [-0.25, -0.2) is 4.98 Å². The van der Waals surface area contributed by atoms with Crippen LogP contribution in [-0.4, -0.2) is 47.7 Å². The molecule has 0 aliphatic carbocycles. The van der Waals surface area contributed by atoms with Crippen molar-refractivity contribution in [2.45, 2.75) is 39.5 Å². The van der Waals surface area contributed by atoms with E-state index in [2.05, 4.69) is 15.2 Å². The quantitative estimate of drug-likeness (QED) is 0.548. The van der Waals surface area contributed by atoms with Gasteiger partial charge in [0.2, 0.25) is 0 Å². The summed E-state index contributed by atoms with van der Waals surface area (Å²) in [6, 6.07) is 8.01. The molecular formula is C21H26N4O5. The van der Waals surface area contributed by atoms with Gasteiger partial charge < -0.3 is 19.7 Å². The largest absolute Gasteiger partial charge is 0.487 e. The van der Waals surface area contributed by atoms with Gasteiger partial charge in [0.15, 0.2) is 5.75 Å². The molecule has 0 radical (unpaired) electrons. The maximum atomic E-state index is 12.4. The Bertz CT molecular complexity index is 893. The van der Waals surface area contributed by atoms with Gasteiger partial charge in [-0.2, -0.15) is 0 Å². The van der Waals surface area contributed by atoms with Crippen LogP contribution in [0.3, 0.4) is 0 Å². The van der Waals surface area contributed by atoms with Crippen LogP contribution in [0.5, 0.6) is 5.75 Å². The summed E-state index contributed by atoms with van der Waals surface area (Å²) < 4.78 is 11.0. The van der Waals surface area contributed by atoms with E-state index in [1.54, 1.807) is 13.1 Å². The minimum Gasteiger partial charge on any atom is -0.487 e. The molecule has 1 aromatic heterocycles. The van der Waals surface area contributed by atoms with E-state index in [1.165, 1.54) is 18.2 Å². The van der Waals surface area contributed by atoms with Crippen molar-refractivity contribution in [3.8, 4) is 5.75 Å². The topological polar surface area (TPSA) is 107 Å². The third-order valence-corrected chi connectivity index (χ3v) is 4.72. The SMILES string of the molecule is CCOc1ccc(C(=O)NCc2ccc(N3CC(C)OC(C)C3)nc2)cc1[N+](=O)[O-]. The van der Waals surface area contributed by atoms with Gasteiger partial charge in [-0.3, -0.25) is 14.9 Å². The number of carbonyl (C=O) groups excluding carboxylic acids is 1. The number of aromatic nitrogens is 1. The molecule has 1 amide bonds. The molecule has 2 aromatic rings. The Hall–Kier alpha value is -3.20. The van der Waals surface area contributed by atoms with E-state index in [0.717, 1.165) is 24.5 Å². The Balaban J connectivity index is 1.62. The average Bonchev–Trinajstić information content (AvgIpc) is 2.72. The maximum Gasteiger partial charge on any atom is 0.311 e. The fourth-order valence-electron chi connectivity index (χ4n) is 3.44. The number of anilines is 1. The lowest BCUT2D eigenvalue weighted by Crippen LogP contribution is -2.45. The van der Waals surface area contributed by atoms with E-state index in [9.17, 15) is 14.9 Å². The lowest BCUT2D eigenvalue weighted by molar-refractivity contribution is -0.385. The Morgan fingerprint density at radius 1 is 1.30 bits per heavy atom. The highest BCUT2D eigenvalue weighted by molar-refractivity contribution is 5.95. The number of nitro benzene ring substituents is 1. The number of pyridine rings is 1. The molecular weight excluding hydrogens is 388 g/mol. The summed E-state index contributed by atoms with van der Waals surface area (Å²) in [6.45, 7) is 7.95. The fourth-order valence-corrected chi connectivity index (χ4v) is 3.44. The molecule has 1 saturated heterocycles. The first-order valence-electron chi connectivity index (χ1n) is 9.92. The number of nitrogens with one attached hydrogen (secondary N) is 1. The van der Waals surface area contributed by atoms with Crippen molar-refractivity contribution in [2.24, 2.45) is 0 Å². The minimum atomic E-state index is -0.558. The normalized spacial score (nSPS) is 18.7. The van der Waals surface area contributed by atoms with Crippen molar-refractivity contribution in [3.63, 3.8) is 0 Å². The van der Waals surface area contributed by atoms with Gasteiger partial charge >= 0.3 is 5.69 Å². The zero-order valence-electron chi connectivity index (χ0n) is 17.3. The number of morpholine rings is 1. The lowest BCUT2D eigenvalue weighted by atomic mass is 10.1. The van der Waals surface area contributed by atoms with Crippen LogP contribution in [-0.2, 0) is 11.3 Å². The molecule has 1 N–H and O–H groups in total. The third-order valence-electron chi connectivity index (χ3n) is 4.72. The number of rotatable bonds is 7. The van der Waals surface area contributed by atoms with Crippen LogP contribution in [0.2, 0.25) is 0 Å². The molecule has 2 atom stereocenters. The Kier molecular flexibility index (Phi) is 6.83. The second-order valence-electron chi connectivity index (χ2n) is 7.24. The molecule has 30 heavy (non-hydrogen) atoms. The van der Waals surface area contributed by atoms with Gasteiger partial charge in [0.25, 0.3) is 5.91 Å². The molecule has 160 valence electrons. The maximum absolute atomic E-state index is 12.4. The van der Waals surface area contributed by atoms with E-state index in [0.29, 0.717) is 6.61 Å². The first kappa shape index (κ1) is 21.5. The predicted molar refractivity (Wildman–Crippen MR) is 112 cm³/mol. The smallest absolute Gasteiger partial charge is 0.311 e. The van der Waals surface area contributed by atoms with Gasteiger partial charge in [-0.1, -0.05) is 6.07 Å². The summed E-state index contributed by atoms with van der Waals surface area (Å²) in [7, 11) is 0. The van der Waals surface area contributed by atoms with Crippen LogP contribution >= 0.6 is 0 Å². The molecule has 1 aliphatic rings. The molecule has 2 unspecified atom stereocenters. The van der Waals surface area contributed by atoms with Crippen LogP contribution < -0.4 is 15.0 Å². The van der Waals surface area contributed by atoms with Gasteiger partial charge in [0.1, 0.15) is 5.82 Å². The lowest BCUT2D eigenvalue weighted by Gasteiger charge is -2.36. The second-order valence-corrected chi connectivity index (χ2v) is 7.24. The highest BCUT2D eigenvalue weighted by Gasteiger charge is 2.23. The molecule has 2 heterocycles. The highest BCUT2D eigenvalue weighted by Crippen LogP contribution is 2.28. The van der Waals surface area contributed by atoms with E-state index in [-0.39, 0.29) is 35.8 Å². The molecule has 1 aromatic carbocycles. The number of nitro groups is 1. The van der Waals surface area contributed by atoms with Gasteiger partial charge in [-0.05, 0) is 44.5 Å². The zero-order chi connectivity index (χ0) is 21.7. The monoisotopic (exact) mass is 414 g/mol. The summed E-state index contributed by atoms with van der Waals surface area (Å²) in [5.41, 5.74) is 0.803. The molecule has 3 rings (SSSR count). The first-order valence-corrected chi connectivity index (χ1v) is 9.92. The fraction of sp³-hybridized carbons (Fsp3) is 0.429. The Morgan fingerprint density at radius 3 is 2.63 bits per heavy atom. The summed E-state index contributed by atoms with van der Waals surface area (Å²) >= 11 is 0. The molecule has 1 fully saturated rings. The van der Waals surface area contributed by atoms with Crippen molar-refractivity contribution in [1.82, 2.24) is 10.3 Å². The second kappa shape index (κ2) is 9.53. The summed E-state index contributed by atoms with van der Waals surface area (Å²) in [5, 5.41) is 14.0. The molecule has 0 saturated carbocycles. The van der Waals surface area contributed by atoms with Crippen molar-refractivity contribution >= 4 is 17.4 Å². The van der Waals surface area contributed by atoms with Crippen LogP contribution in [0, 0.1) is 10.1 Å². The van der Waals surface area contributed by atoms with Crippen LogP contribution in [0.15, 0.2) is 36.5 Å². The van der Waals surface area contributed by atoms with Gasteiger partial charge in [0.05, 0.1) is 23.7 Å². The van der Waals surface area contributed by atoms with Crippen molar-refractivity contribution in [2.75, 3.05) is 24.6 Å². The molecule has 9 nitrogen and oxygen atoms in total. The van der Waals surface area contributed by atoms with Crippen LogP contribution in [0.25, 0.3) is 0 Å². The number of carbonyl (C=O) groups is 1. The van der Waals surface area contributed by atoms with Crippen LogP contribution in [0.4, 0.5) is 11.5 Å². The molecule has 0 bridgehead atoms. The molecule has 1 aliphatic heterocycles. The van der Waals surface area contributed by atoms with E-state index in [1.807, 2.05) is 26.0 Å². The average molecular weight is 414 g/mol. The van der Waals surface area contributed by atoms with Gasteiger partial charge in [-0.15, -0.1) is 0 Å². The van der Waals surface area contributed by atoms with Crippen molar-refractivity contribution in [3.05, 3.63) is 57.8 Å². The number of amides is 1. The summed E-state index contributed by atoms with van der Waals surface area (Å²) in [5.74, 6) is 0.612. The van der Waals surface area contributed by atoms with E-state index < -0.39 is 10.8 Å². The minimum absolute atomic E-state index is 0.144. The standard InChI is InChI=1S/C21H26N4O5/c1-4-29-19-7-6-17(9-18(19)25(27)28)21(26)23-11-16-5-8-20(22-10-16)24-12-14(2)30-15(3)13-24/h5-10,14-15H,4,11-13H2,1-3H3,(H,23,26). The predicted octanol–water partition coefficient (Wildman–Crippen LogP) is 2.93. The number of hydrogen-bond acceptors (Lipinski definition) is 7. The summed E-state index contributed by atoms with van der Waals surface area (Å²) in [6.07, 6.45) is 2.02. The van der Waals surface area contributed by atoms with Crippen LogP contribution in [0.1, 0.15) is 36.7 Å². The van der Waals surface area contributed by atoms with Crippen molar-refractivity contribution in [1.29, 1.82) is 0 Å². The van der Waals surface area contributed by atoms with Gasteiger partial charge in [0, 0.05) is 37.5 Å². The van der Waals surface area contributed by atoms with E-state index in [4.69, 9.17) is 9.47 Å². The number of benzene rings is 1. The third kappa shape index (κ3) is 5.24. The van der Waals surface area contributed by atoms with E-state index >= 15 is 0 Å². The number of hydrogen-bond donors (Lipinski definition) is 1.